The Kier molecular flexibility index (Phi) is 5.14. The van der Waals surface area contributed by atoms with E-state index in [0.717, 1.165) is 27.7 Å². The second kappa shape index (κ2) is 7.78. The number of fused-ring (bicyclic) bond motifs is 4. The molecule has 0 bridgehead atoms. The van der Waals surface area contributed by atoms with Gasteiger partial charge >= 0.3 is 6.03 Å². The van der Waals surface area contributed by atoms with Crippen molar-refractivity contribution >= 4 is 34.4 Å². The number of rotatable bonds is 5. The number of nitrogens with zero attached hydrogens (tertiary/aromatic N) is 2. The number of halogens is 1. The van der Waals surface area contributed by atoms with Gasteiger partial charge in [-0.2, -0.15) is 0 Å². The molecule has 3 N–H and O–H groups in total. The molecule has 1 fully saturated rings. The number of aromatic amines is 1. The summed E-state index contributed by atoms with van der Waals surface area (Å²) in [6.07, 6.45) is 0.386. The van der Waals surface area contributed by atoms with Crippen LogP contribution in [0.1, 0.15) is 43.6 Å². The van der Waals surface area contributed by atoms with Crippen molar-refractivity contribution in [3.05, 3.63) is 64.3 Å². The van der Waals surface area contributed by atoms with Crippen LogP contribution in [-0.2, 0) is 11.2 Å². The Labute approximate surface area is 197 Å². The third kappa shape index (κ3) is 3.38. The minimum Gasteiger partial charge on any atom is -0.508 e. The summed E-state index contributed by atoms with van der Waals surface area (Å²) in [4.78, 5) is 33.9. The van der Waals surface area contributed by atoms with E-state index in [-0.39, 0.29) is 23.7 Å². The first-order chi connectivity index (χ1) is 15.7. The van der Waals surface area contributed by atoms with Gasteiger partial charge in [-0.3, -0.25) is 14.6 Å². The van der Waals surface area contributed by atoms with Crippen LogP contribution in [-0.4, -0.2) is 56.5 Å². The van der Waals surface area contributed by atoms with Crippen molar-refractivity contribution in [1.29, 1.82) is 0 Å². The Bertz CT molecular complexity index is 1270. The molecule has 2 atom stereocenters. The van der Waals surface area contributed by atoms with Crippen molar-refractivity contribution in [2.75, 3.05) is 13.1 Å². The highest BCUT2D eigenvalue weighted by Crippen LogP contribution is 2.49. The molecule has 0 radical (unpaired) electrons. The smallest absolute Gasteiger partial charge is 0.328 e. The second-order valence-electron chi connectivity index (χ2n) is 9.37. The van der Waals surface area contributed by atoms with Crippen LogP contribution in [0, 0.1) is 0 Å². The molecule has 2 aromatic carbocycles. The van der Waals surface area contributed by atoms with Crippen LogP contribution in [0.4, 0.5) is 4.79 Å². The summed E-state index contributed by atoms with van der Waals surface area (Å²) in [5.41, 5.74) is 2.41. The molecule has 0 saturated carbocycles. The quantitative estimate of drug-likeness (QED) is 0.492. The maximum atomic E-state index is 13.7. The maximum absolute atomic E-state index is 13.7. The Morgan fingerprint density at radius 2 is 2.03 bits per heavy atom. The minimum absolute atomic E-state index is 0.108. The van der Waals surface area contributed by atoms with E-state index in [1.807, 2.05) is 45.0 Å². The van der Waals surface area contributed by atoms with Crippen LogP contribution in [0.3, 0.4) is 0 Å². The number of phenolic OH excluding ortho intramolecular Hbond substituents is 1. The number of amides is 3. The Morgan fingerprint density at radius 1 is 1.24 bits per heavy atom. The molecule has 7 nitrogen and oxygen atoms in total. The van der Waals surface area contributed by atoms with E-state index >= 15 is 0 Å². The predicted molar refractivity (Wildman–Crippen MR) is 127 cm³/mol. The fourth-order valence-corrected chi connectivity index (χ4v) is 5.36. The number of urea groups is 1. The second-order valence-corrected chi connectivity index (χ2v) is 9.81. The molecule has 3 aromatic rings. The SMILES string of the molecule is CC(C)NCCN1C(=O)N2C(c3cccc(O)c3)c3[nH]c4ccc(Cl)cc4c3CC2(C)C1=O. The molecule has 8 heteroatoms. The zero-order valence-electron chi connectivity index (χ0n) is 18.9. The average Bonchev–Trinajstić information content (AvgIpc) is 3.19. The molecule has 3 heterocycles. The molecule has 172 valence electrons. The lowest BCUT2D eigenvalue weighted by atomic mass is 9.81. The van der Waals surface area contributed by atoms with Crippen molar-refractivity contribution in [1.82, 2.24) is 20.1 Å². The molecule has 1 saturated heterocycles. The lowest BCUT2D eigenvalue weighted by molar-refractivity contribution is -0.133. The van der Waals surface area contributed by atoms with Crippen LogP contribution in [0.25, 0.3) is 10.9 Å². The summed E-state index contributed by atoms with van der Waals surface area (Å²) in [5.74, 6) is -0.0957. The topological polar surface area (TPSA) is 88.7 Å². The summed E-state index contributed by atoms with van der Waals surface area (Å²) in [6.45, 7) is 6.72. The first-order valence-corrected chi connectivity index (χ1v) is 11.6. The van der Waals surface area contributed by atoms with Gasteiger partial charge in [-0.25, -0.2) is 4.79 Å². The van der Waals surface area contributed by atoms with Gasteiger partial charge in [-0.05, 0) is 48.4 Å². The number of H-pyrrole nitrogens is 1. The molecule has 5 rings (SSSR count). The molecule has 0 aliphatic carbocycles. The first kappa shape index (κ1) is 21.8. The van der Waals surface area contributed by atoms with E-state index in [9.17, 15) is 14.7 Å². The number of phenols is 1. The van der Waals surface area contributed by atoms with E-state index in [2.05, 4.69) is 10.3 Å². The lowest BCUT2D eigenvalue weighted by Gasteiger charge is -2.42. The van der Waals surface area contributed by atoms with E-state index in [4.69, 9.17) is 11.6 Å². The van der Waals surface area contributed by atoms with Gasteiger partial charge in [-0.1, -0.05) is 37.6 Å². The Balaban J connectivity index is 1.67. The fourth-order valence-electron chi connectivity index (χ4n) is 5.19. The number of carbonyl (C=O) groups excluding carboxylic acids is 2. The number of imide groups is 1. The van der Waals surface area contributed by atoms with Gasteiger partial charge in [-0.15, -0.1) is 0 Å². The van der Waals surface area contributed by atoms with Crippen molar-refractivity contribution in [3.8, 4) is 5.75 Å². The highest BCUT2D eigenvalue weighted by Gasteiger charge is 2.60. The monoisotopic (exact) mass is 466 g/mol. The number of carbonyl (C=O) groups is 2. The van der Waals surface area contributed by atoms with E-state index in [1.165, 1.54) is 4.90 Å². The van der Waals surface area contributed by atoms with Crippen LogP contribution in [0.5, 0.6) is 5.75 Å². The normalized spacial score (nSPS) is 22.4. The van der Waals surface area contributed by atoms with Crippen molar-refractivity contribution in [2.45, 2.75) is 44.8 Å². The Hall–Kier alpha value is -3.03. The number of nitrogens with one attached hydrogen (secondary N) is 2. The molecule has 2 aliphatic heterocycles. The van der Waals surface area contributed by atoms with Crippen LogP contribution < -0.4 is 5.32 Å². The van der Waals surface area contributed by atoms with Crippen LogP contribution in [0.2, 0.25) is 5.02 Å². The Morgan fingerprint density at radius 3 is 2.76 bits per heavy atom. The lowest BCUT2D eigenvalue weighted by Crippen LogP contribution is -2.53. The standard InChI is InChI=1S/C25H27ClN4O3/c1-14(2)27-9-10-29-23(32)25(3)13-19-18-12-16(26)7-8-20(18)28-21(19)22(30(25)24(29)33)15-5-4-6-17(31)11-15/h4-8,11-12,14,22,27-28,31H,9-10,13H2,1-3H3. The van der Waals surface area contributed by atoms with Crippen LogP contribution in [0.15, 0.2) is 42.5 Å². The van der Waals surface area contributed by atoms with Gasteiger partial charge in [0.1, 0.15) is 17.3 Å². The third-order valence-corrected chi connectivity index (χ3v) is 6.94. The van der Waals surface area contributed by atoms with Gasteiger partial charge in [0.15, 0.2) is 0 Å². The number of aromatic hydroxyl groups is 1. The molecular weight excluding hydrogens is 440 g/mol. The van der Waals surface area contributed by atoms with E-state index < -0.39 is 11.6 Å². The number of benzene rings is 2. The number of hydrogen-bond donors (Lipinski definition) is 3. The zero-order chi connectivity index (χ0) is 23.5. The molecule has 0 spiro atoms. The summed E-state index contributed by atoms with van der Waals surface area (Å²) in [6, 6.07) is 11.9. The average molecular weight is 467 g/mol. The van der Waals surface area contributed by atoms with Gasteiger partial charge in [0.2, 0.25) is 0 Å². The fraction of sp³-hybridized carbons (Fsp3) is 0.360. The first-order valence-electron chi connectivity index (χ1n) is 11.2. The van der Waals surface area contributed by atoms with Crippen LogP contribution >= 0.6 is 11.6 Å². The molecule has 2 aliphatic rings. The number of aromatic nitrogens is 1. The zero-order valence-corrected chi connectivity index (χ0v) is 19.6. The summed E-state index contributed by atoms with van der Waals surface area (Å²) >= 11 is 6.30. The molecule has 2 unspecified atom stereocenters. The van der Waals surface area contributed by atoms with E-state index in [1.54, 1.807) is 23.1 Å². The maximum Gasteiger partial charge on any atom is 0.328 e. The molecular formula is C25H27ClN4O3. The minimum atomic E-state index is -1.05. The highest BCUT2D eigenvalue weighted by atomic mass is 35.5. The summed E-state index contributed by atoms with van der Waals surface area (Å²) < 4.78 is 0. The predicted octanol–water partition coefficient (Wildman–Crippen LogP) is 4.19. The van der Waals surface area contributed by atoms with Gasteiger partial charge in [0.05, 0.1) is 0 Å². The van der Waals surface area contributed by atoms with E-state index in [0.29, 0.717) is 24.5 Å². The van der Waals surface area contributed by atoms with Gasteiger partial charge in [0, 0.05) is 47.2 Å². The summed E-state index contributed by atoms with van der Waals surface area (Å²) in [7, 11) is 0. The molecule has 33 heavy (non-hydrogen) atoms. The van der Waals surface area contributed by atoms with Gasteiger partial charge < -0.3 is 15.4 Å². The van der Waals surface area contributed by atoms with Gasteiger partial charge in [0.25, 0.3) is 5.91 Å². The summed E-state index contributed by atoms with van der Waals surface area (Å²) in [5, 5.41) is 15.0. The van der Waals surface area contributed by atoms with Crippen molar-refractivity contribution < 1.29 is 14.7 Å². The molecule has 3 amide bonds. The third-order valence-electron chi connectivity index (χ3n) is 6.70. The largest absolute Gasteiger partial charge is 0.508 e. The number of hydrogen-bond acceptors (Lipinski definition) is 4. The highest BCUT2D eigenvalue weighted by molar-refractivity contribution is 6.31. The van der Waals surface area contributed by atoms with Crippen molar-refractivity contribution in [3.63, 3.8) is 0 Å². The molecule has 1 aromatic heterocycles. The van der Waals surface area contributed by atoms with Crippen molar-refractivity contribution in [2.24, 2.45) is 0 Å².